The van der Waals surface area contributed by atoms with Gasteiger partial charge < -0.3 is 29.5 Å². The summed E-state index contributed by atoms with van der Waals surface area (Å²) in [7, 11) is 0. The predicted molar refractivity (Wildman–Crippen MR) is 92.1 cm³/mol. The summed E-state index contributed by atoms with van der Waals surface area (Å²) in [6.45, 7) is 10.9. The second-order valence-corrected chi connectivity index (χ2v) is 6.66. The number of aliphatic hydroxyl groups excluding tert-OH is 1. The van der Waals surface area contributed by atoms with Gasteiger partial charge in [0.2, 0.25) is 5.72 Å². The van der Waals surface area contributed by atoms with Crippen LogP contribution in [0.15, 0.2) is 29.8 Å². The second kappa shape index (κ2) is 8.07. The van der Waals surface area contributed by atoms with E-state index >= 15 is 0 Å². The molecule has 0 bridgehead atoms. The predicted octanol–water partition coefficient (Wildman–Crippen LogP) is 1.35. The van der Waals surface area contributed by atoms with Crippen molar-refractivity contribution >= 4 is 5.91 Å². The van der Waals surface area contributed by atoms with E-state index in [1.165, 1.54) is 17.2 Å². The van der Waals surface area contributed by atoms with Gasteiger partial charge in [-0.25, -0.2) is 0 Å². The van der Waals surface area contributed by atoms with Crippen LogP contribution in [-0.4, -0.2) is 58.9 Å². The van der Waals surface area contributed by atoms with Crippen molar-refractivity contribution < 1.29 is 24.1 Å². The number of carbonyl (C=O) groups is 1. The largest absolute Gasteiger partial charge is 0.386 e. The summed E-state index contributed by atoms with van der Waals surface area (Å²) in [4.78, 5) is 15.8. The van der Waals surface area contributed by atoms with Crippen LogP contribution in [0, 0.1) is 0 Å². The van der Waals surface area contributed by atoms with E-state index < -0.39 is 24.2 Å². The SMILES string of the molecule is C=C1NC(=O)C=CN1[C@@H]1O[C@@](COC(C)C)(N=[N+]=[N-])C(OC(C)C)[C@@H]1O. The Morgan fingerprint density at radius 1 is 1.50 bits per heavy atom. The molecular weight excluding hydrogens is 342 g/mol. The summed E-state index contributed by atoms with van der Waals surface area (Å²) < 4.78 is 17.4. The van der Waals surface area contributed by atoms with Crippen LogP contribution in [-0.2, 0) is 19.0 Å². The summed E-state index contributed by atoms with van der Waals surface area (Å²) >= 11 is 0. The van der Waals surface area contributed by atoms with E-state index in [1.807, 2.05) is 13.8 Å². The molecule has 0 saturated carbocycles. The zero-order valence-electron chi connectivity index (χ0n) is 15.3. The summed E-state index contributed by atoms with van der Waals surface area (Å²) in [6, 6.07) is 0. The van der Waals surface area contributed by atoms with Crippen LogP contribution in [0.2, 0.25) is 0 Å². The van der Waals surface area contributed by atoms with E-state index in [2.05, 4.69) is 21.9 Å². The van der Waals surface area contributed by atoms with Gasteiger partial charge in [-0.3, -0.25) is 4.79 Å². The fourth-order valence-corrected chi connectivity index (χ4v) is 2.78. The van der Waals surface area contributed by atoms with Crippen molar-refractivity contribution in [2.45, 2.75) is 64.1 Å². The first-order valence-corrected chi connectivity index (χ1v) is 8.36. The number of nitrogens with one attached hydrogen (secondary N) is 1. The van der Waals surface area contributed by atoms with Crippen LogP contribution >= 0.6 is 0 Å². The number of carbonyl (C=O) groups excluding carboxylic acids is 1. The minimum atomic E-state index is -1.57. The van der Waals surface area contributed by atoms with E-state index in [0.29, 0.717) is 0 Å². The van der Waals surface area contributed by atoms with Gasteiger partial charge in [0, 0.05) is 17.2 Å². The lowest BCUT2D eigenvalue weighted by Crippen LogP contribution is -2.49. The van der Waals surface area contributed by atoms with E-state index in [0.717, 1.165) is 0 Å². The molecule has 2 N–H and O–H groups in total. The van der Waals surface area contributed by atoms with Crippen molar-refractivity contribution in [1.82, 2.24) is 10.2 Å². The Morgan fingerprint density at radius 3 is 2.73 bits per heavy atom. The normalized spacial score (nSPS) is 31.5. The molecule has 0 aromatic heterocycles. The van der Waals surface area contributed by atoms with Crippen molar-refractivity contribution in [2.24, 2.45) is 5.11 Å². The summed E-state index contributed by atoms with van der Waals surface area (Å²) in [5.41, 5.74) is 7.50. The maximum absolute atomic E-state index is 11.4. The molecule has 1 fully saturated rings. The summed E-state index contributed by atoms with van der Waals surface area (Å²) in [5.74, 6) is -0.107. The number of aliphatic hydroxyl groups is 1. The highest BCUT2D eigenvalue weighted by atomic mass is 16.6. The van der Waals surface area contributed by atoms with Crippen molar-refractivity contribution in [3.8, 4) is 0 Å². The van der Waals surface area contributed by atoms with Crippen molar-refractivity contribution in [3.05, 3.63) is 35.1 Å². The molecule has 1 amide bonds. The molecule has 2 aliphatic heterocycles. The molecule has 2 heterocycles. The first-order valence-electron chi connectivity index (χ1n) is 8.36. The number of azide groups is 1. The van der Waals surface area contributed by atoms with Crippen LogP contribution in [0.3, 0.4) is 0 Å². The van der Waals surface area contributed by atoms with Gasteiger partial charge >= 0.3 is 0 Å². The van der Waals surface area contributed by atoms with Gasteiger partial charge in [0.15, 0.2) is 6.23 Å². The molecule has 0 aromatic rings. The fourth-order valence-electron chi connectivity index (χ4n) is 2.78. The number of amides is 1. The lowest BCUT2D eigenvalue weighted by atomic mass is 10.0. The second-order valence-electron chi connectivity index (χ2n) is 6.66. The monoisotopic (exact) mass is 367 g/mol. The minimum Gasteiger partial charge on any atom is -0.386 e. The molecular formula is C16H25N5O5. The molecule has 1 unspecified atom stereocenters. The van der Waals surface area contributed by atoms with E-state index in [-0.39, 0.29) is 30.5 Å². The average Bonchev–Trinajstić information content (AvgIpc) is 2.79. The summed E-state index contributed by atoms with van der Waals surface area (Å²) in [6.07, 6.45) is -0.827. The smallest absolute Gasteiger partial charge is 0.250 e. The maximum atomic E-state index is 11.4. The quantitative estimate of drug-likeness (QED) is 0.397. The van der Waals surface area contributed by atoms with Crippen LogP contribution in [0.4, 0.5) is 0 Å². The number of ether oxygens (including phenoxy) is 3. The van der Waals surface area contributed by atoms with Crippen LogP contribution in [0.1, 0.15) is 27.7 Å². The lowest BCUT2D eigenvalue weighted by molar-refractivity contribution is -0.165. The van der Waals surface area contributed by atoms with E-state index in [9.17, 15) is 9.90 Å². The first kappa shape index (κ1) is 20.2. The lowest BCUT2D eigenvalue weighted by Gasteiger charge is -2.33. The van der Waals surface area contributed by atoms with Gasteiger partial charge in [-0.2, -0.15) is 0 Å². The van der Waals surface area contributed by atoms with Crippen molar-refractivity contribution in [3.63, 3.8) is 0 Å². The third kappa shape index (κ3) is 4.17. The highest BCUT2D eigenvalue weighted by Crippen LogP contribution is 2.39. The first-order chi connectivity index (χ1) is 12.2. The minimum absolute atomic E-state index is 0.101. The standard InChI is InChI=1S/C16H25N5O5/c1-9(2)24-8-16(19-20-17)14(25-10(3)4)13(23)15(26-16)21-7-6-12(22)18-11(21)5/h6-7,9-10,13-15,23H,5,8H2,1-4H3,(H,18,22)/t13-,14?,15+,16+/m0/s1. The topological polar surface area (TPSA) is 129 Å². The Morgan fingerprint density at radius 2 is 2.19 bits per heavy atom. The highest BCUT2D eigenvalue weighted by molar-refractivity contribution is 5.89. The molecule has 4 atom stereocenters. The van der Waals surface area contributed by atoms with Gasteiger partial charge in [-0.05, 0) is 33.2 Å². The number of hydrogen-bond acceptors (Lipinski definition) is 7. The number of hydrogen-bond donors (Lipinski definition) is 2. The Hall–Kier alpha value is -2.10. The molecule has 0 radical (unpaired) electrons. The third-order valence-electron chi connectivity index (χ3n) is 3.87. The van der Waals surface area contributed by atoms with Gasteiger partial charge in [-0.15, -0.1) is 0 Å². The third-order valence-corrected chi connectivity index (χ3v) is 3.87. The zero-order valence-corrected chi connectivity index (χ0v) is 15.3. The fraction of sp³-hybridized carbons (Fsp3) is 0.688. The van der Waals surface area contributed by atoms with Crippen LogP contribution in [0.5, 0.6) is 0 Å². The maximum Gasteiger partial charge on any atom is 0.250 e. The average molecular weight is 367 g/mol. The molecule has 2 rings (SSSR count). The Balaban J connectivity index is 2.38. The molecule has 0 aliphatic carbocycles. The zero-order chi connectivity index (χ0) is 19.5. The Bertz CT molecular complexity index is 631. The molecule has 144 valence electrons. The van der Waals surface area contributed by atoms with Gasteiger partial charge in [0.1, 0.15) is 18.0 Å². The molecule has 10 heteroatoms. The molecule has 26 heavy (non-hydrogen) atoms. The molecule has 1 saturated heterocycles. The van der Waals surface area contributed by atoms with Crippen LogP contribution < -0.4 is 5.32 Å². The van der Waals surface area contributed by atoms with Gasteiger partial charge in [0.05, 0.1) is 18.8 Å². The molecule has 10 nitrogen and oxygen atoms in total. The molecule has 0 spiro atoms. The van der Waals surface area contributed by atoms with Crippen LogP contribution in [0.25, 0.3) is 10.4 Å². The summed E-state index contributed by atoms with van der Waals surface area (Å²) in [5, 5.41) is 17.2. The van der Waals surface area contributed by atoms with E-state index in [1.54, 1.807) is 13.8 Å². The van der Waals surface area contributed by atoms with Gasteiger partial charge in [-0.1, -0.05) is 11.7 Å². The van der Waals surface area contributed by atoms with E-state index in [4.69, 9.17) is 19.7 Å². The number of rotatable bonds is 7. The molecule has 0 aromatic carbocycles. The number of nitrogens with zero attached hydrogens (tertiary/aromatic N) is 4. The Kier molecular flexibility index (Phi) is 6.27. The van der Waals surface area contributed by atoms with Crippen molar-refractivity contribution in [1.29, 1.82) is 0 Å². The highest BCUT2D eigenvalue weighted by Gasteiger charge is 2.58. The molecule has 2 aliphatic rings. The Labute approximate surface area is 152 Å². The van der Waals surface area contributed by atoms with Crippen molar-refractivity contribution in [2.75, 3.05) is 6.61 Å². The van der Waals surface area contributed by atoms with Gasteiger partial charge in [0.25, 0.3) is 5.91 Å².